The first-order valence-electron chi connectivity index (χ1n) is 43.0. The lowest BCUT2D eigenvalue weighted by Gasteiger charge is -2.63. The number of aliphatic hydroxyl groups excluding tert-OH is 3. The smallest absolute Gasteiger partial charge is 0.407 e. The van der Waals surface area contributed by atoms with Gasteiger partial charge in [0.25, 0.3) is 5.56 Å². The number of carbonyl (C=O) groups is 8. The Morgan fingerprint density at radius 2 is 1.57 bits per heavy atom. The molecule has 12 N–H and O–H groups in total. The van der Waals surface area contributed by atoms with Crippen LogP contribution in [0.25, 0.3) is 22.1 Å². The minimum Gasteiger partial charge on any atom is -0.496 e. The van der Waals surface area contributed by atoms with Crippen molar-refractivity contribution in [3.8, 4) is 5.75 Å². The molecule has 660 valence electrons. The predicted molar refractivity (Wildman–Crippen MR) is 458 cm³/mol. The van der Waals surface area contributed by atoms with Crippen LogP contribution in [0, 0.1) is 24.2 Å². The van der Waals surface area contributed by atoms with E-state index in [2.05, 4.69) is 88.8 Å². The number of aromatic amines is 2. The standard InChI is InChI=1S/C89H117N11O20S2/c1-7-86(115)45-54-44-85(4,76-59(31-35-99(49-54)51-86)58-20-14-15-21-62(58)97-76)61-41-60-64(42-68(61)117-6)98(5)82-88(60)33-36-100-34-19-32-87(8-2,81(88)100)83(113)89(82,116)69(104)48-92-84(114)119-38-39-121-122-50-56(79(109)110)40-66(102)63(47-90-70(105)23-13-11-9-10-12-18-37-118-72-43-67(103)74(107)75(120-72)80(111)112)96-71(106)24-17-16-22-65(101)55-28-25-53(26-29-55)27-30-57-46-91-77-73(95-57)78(108)94-52(3)93-77/h14-15,19-21,25-26,28-29,32,41-42,46,54,56,63,67,72,74-75,81-83,97,103,107,113,115-116H,7-13,16-18,22-24,27,30-31,33-40,43-45,47-51H2,1-6H3,(H,90,105)(H,92,114)(H,96,106)(H,109,110)(H,111,112)(H,91,93,94,108)/t54?,56-,63+,67-,72?,74?,75?,81+,82-,83-,85-,86+,87-,88-,89+/m1/s1. The summed E-state index contributed by atoms with van der Waals surface area (Å²) in [4.78, 5) is 147. The number of hydrogen-bond acceptors (Lipinski definition) is 26. The average Bonchev–Trinajstić information content (AvgIpc) is 1.63. The number of aryl methyl sites for hydroxylation is 3. The molecule has 1 saturated carbocycles. The van der Waals surface area contributed by atoms with Gasteiger partial charge in [-0.05, 0) is 132 Å². The number of para-hydroxylation sites is 1. The molecule has 122 heavy (non-hydrogen) atoms. The van der Waals surface area contributed by atoms with E-state index in [9.17, 15) is 74.1 Å². The number of piperidine rings is 1. The first-order chi connectivity index (χ1) is 58.5. The molecule has 9 heterocycles. The van der Waals surface area contributed by atoms with Gasteiger partial charge in [-0.15, -0.1) is 0 Å². The molecule has 13 rings (SSSR count). The van der Waals surface area contributed by atoms with Crippen LogP contribution in [0.2, 0.25) is 0 Å². The molecule has 6 aromatic rings. The van der Waals surface area contributed by atoms with Crippen LogP contribution in [-0.4, -0.2) is 262 Å². The van der Waals surface area contributed by atoms with Crippen molar-refractivity contribution >= 4 is 96.5 Å². The molecule has 3 saturated heterocycles. The van der Waals surface area contributed by atoms with Crippen LogP contribution >= 0.6 is 21.6 Å². The van der Waals surface area contributed by atoms with Crippen LogP contribution in [0.15, 0.2) is 83.8 Å². The van der Waals surface area contributed by atoms with Crippen molar-refractivity contribution in [1.82, 2.24) is 50.7 Å². The van der Waals surface area contributed by atoms with E-state index in [1.54, 1.807) is 32.4 Å². The molecule has 3 amide bonds. The molecular formula is C89H117N11O20S2. The van der Waals surface area contributed by atoms with Gasteiger partial charge in [0.1, 0.15) is 36.4 Å². The highest BCUT2D eigenvalue weighted by Gasteiger charge is 2.78. The fraction of sp³-hybridized carbons (Fsp3) is 0.596. The zero-order valence-corrected chi connectivity index (χ0v) is 72.0. The summed E-state index contributed by atoms with van der Waals surface area (Å²) >= 11 is 0. The number of ketones is 3. The quantitative estimate of drug-likeness (QED) is 0.00778. The Morgan fingerprint density at radius 1 is 0.820 bits per heavy atom. The second-order valence-corrected chi connectivity index (χ2v) is 37.2. The van der Waals surface area contributed by atoms with Crippen LogP contribution in [0.5, 0.6) is 5.75 Å². The Kier molecular flexibility index (Phi) is 29.2. The molecule has 3 aromatic carbocycles. The Bertz CT molecular complexity index is 4920. The van der Waals surface area contributed by atoms with E-state index in [1.165, 1.54) is 16.4 Å². The van der Waals surface area contributed by atoms with E-state index < -0.39 is 131 Å². The van der Waals surface area contributed by atoms with E-state index in [1.807, 2.05) is 55.3 Å². The van der Waals surface area contributed by atoms with Crippen LogP contribution in [0.4, 0.5) is 10.5 Å². The van der Waals surface area contributed by atoms with Crippen molar-refractivity contribution in [3.63, 3.8) is 0 Å². The fourth-order valence-corrected chi connectivity index (χ4v) is 22.7. The monoisotopic (exact) mass is 1720 g/mol. The molecule has 3 aromatic heterocycles. The Morgan fingerprint density at radius 3 is 2.32 bits per heavy atom. The van der Waals surface area contributed by atoms with Crippen molar-refractivity contribution in [3.05, 3.63) is 134 Å². The largest absolute Gasteiger partial charge is 0.496 e. The fourth-order valence-electron chi connectivity index (χ4n) is 20.6. The van der Waals surface area contributed by atoms with Crippen molar-refractivity contribution < 1.29 is 93.0 Å². The molecule has 4 fully saturated rings. The second kappa shape index (κ2) is 39.2. The molecule has 0 radical (unpaired) electrons. The number of aliphatic carboxylic acids is 2. The number of unbranched alkanes of at least 4 members (excludes halogenated alkanes) is 6. The van der Waals surface area contributed by atoms with Gasteiger partial charge in [0.05, 0.1) is 49.2 Å². The maximum Gasteiger partial charge on any atom is 0.407 e. The normalized spacial score (nSPS) is 27.6. The number of hydrogen-bond donors (Lipinski definition) is 12. The van der Waals surface area contributed by atoms with Crippen LogP contribution in [0.3, 0.4) is 0 Å². The lowest BCUT2D eigenvalue weighted by atomic mass is 9.47. The molecule has 6 aliphatic heterocycles. The molecule has 31 nitrogen and oxygen atoms in total. The average molecular weight is 1730 g/mol. The van der Waals surface area contributed by atoms with Crippen LogP contribution < -0.4 is 31.1 Å². The zero-order chi connectivity index (χ0) is 87.0. The van der Waals surface area contributed by atoms with Gasteiger partial charge in [-0.1, -0.05) is 116 Å². The number of ether oxygens (including phenoxy) is 4. The number of fused-ring (bicyclic) bond motifs is 7. The van der Waals surface area contributed by atoms with Crippen molar-refractivity contribution in [2.24, 2.45) is 17.3 Å². The number of aliphatic hydroxyl groups is 5. The first kappa shape index (κ1) is 91.0. The topological polar surface area (TPSA) is 448 Å². The summed E-state index contributed by atoms with van der Waals surface area (Å²) in [5.41, 5.74) is 1.95. The zero-order valence-electron chi connectivity index (χ0n) is 70.3. The van der Waals surface area contributed by atoms with Gasteiger partial charge >= 0.3 is 18.0 Å². The lowest BCUT2D eigenvalue weighted by molar-refractivity contribution is -0.252. The Labute approximate surface area is 716 Å². The summed E-state index contributed by atoms with van der Waals surface area (Å²) < 4.78 is 23.0. The molecule has 1 aliphatic carbocycles. The van der Waals surface area contributed by atoms with Gasteiger partial charge < -0.3 is 85.5 Å². The van der Waals surface area contributed by atoms with Crippen molar-refractivity contribution in [1.29, 1.82) is 0 Å². The third-order valence-electron chi connectivity index (χ3n) is 26.7. The number of aromatic nitrogens is 5. The SMILES string of the molecule is CC[C@]1(O)CC2CN(CCc3c([nH]c4ccccc34)[C@@](C)(c3cc4c(cc3OC)N(C)[C@H]3[C@@](O)(C(=O)CNC(=O)OCCSSC[C@@H](CC(=O)[C@H](CNC(=O)CCCCCCCCOC5C[C@@H](O)C(O)C(C(=O)O)O5)NC(=O)CCCCC(=O)c5ccc(CCc6cnc7nc(C)[nH]c(=O)c7n6)cc5)C(=O)O)[C@H](O)[C@]5(CC)C=CCN6CC[C@]43[C@@H]65)C2)C1. The molecule has 1 spiro atoms. The summed E-state index contributed by atoms with van der Waals surface area (Å²) in [7, 11) is 5.82. The minimum absolute atomic E-state index is 0.0721. The number of carboxylic acid groups (broad SMARTS) is 2. The van der Waals surface area contributed by atoms with Gasteiger partial charge in [-0.3, -0.25) is 43.4 Å². The molecule has 2 bridgehead atoms. The van der Waals surface area contributed by atoms with E-state index in [0.717, 1.165) is 88.5 Å². The number of carbonyl (C=O) groups excluding carboxylic acids is 6. The number of rotatable bonds is 40. The maximum absolute atomic E-state index is 15.4. The second-order valence-electron chi connectivity index (χ2n) is 34.6. The Hall–Kier alpha value is -8.74. The highest BCUT2D eigenvalue weighted by atomic mass is 33.1. The molecule has 33 heteroatoms. The number of nitrogens with one attached hydrogen (secondary N) is 5. The third kappa shape index (κ3) is 19.2. The molecular weight excluding hydrogens is 1610 g/mol. The van der Waals surface area contributed by atoms with Gasteiger partial charge in [0.2, 0.25) is 11.8 Å². The van der Waals surface area contributed by atoms with Crippen LogP contribution in [-0.2, 0) is 73.1 Å². The number of anilines is 1. The van der Waals surface area contributed by atoms with Gasteiger partial charge in [0, 0.05) is 152 Å². The summed E-state index contributed by atoms with van der Waals surface area (Å²) in [6.45, 7) is 10.4. The number of methoxy groups -OCH3 is 1. The van der Waals surface area contributed by atoms with E-state index in [0.29, 0.717) is 113 Å². The number of amides is 3. The van der Waals surface area contributed by atoms with Crippen molar-refractivity contribution in [2.75, 3.05) is 89.6 Å². The van der Waals surface area contributed by atoms with Gasteiger partial charge in [0.15, 0.2) is 46.5 Å². The summed E-state index contributed by atoms with van der Waals surface area (Å²) in [6.07, 6.45) is 6.51. The number of nitrogens with zero attached hydrogens (tertiary/aromatic N) is 6. The summed E-state index contributed by atoms with van der Waals surface area (Å²) in [5, 5.41) is 87.9. The first-order valence-corrected chi connectivity index (χ1v) is 45.5. The highest BCUT2D eigenvalue weighted by Crippen LogP contribution is 2.68. The number of H-pyrrole nitrogens is 2. The Balaban J connectivity index is 0.608. The predicted octanol–water partition coefficient (Wildman–Crippen LogP) is 7.26. The highest BCUT2D eigenvalue weighted by molar-refractivity contribution is 8.76. The molecule has 7 aliphatic rings. The number of benzene rings is 3. The van der Waals surface area contributed by atoms with Gasteiger partial charge in [-0.2, -0.15) is 0 Å². The van der Waals surface area contributed by atoms with Crippen molar-refractivity contribution in [2.45, 2.75) is 233 Å². The lowest BCUT2D eigenvalue weighted by Crippen LogP contribution is -2.81. The molecule has 16 atom stereocenters. The maximum atomic E-state index is 15.4. The number of Topliss-reactive ketones (excluding diaryl/α,β-unsaturated/α-hetero) is 3. The number of likely N-dealkylation sites (N-methyl/N-ethyl adjacent to an activating group) is 1. The molecule has 5 unspecified atom stereocenters. The minimum atomic E-state index is -2.46. The summed E-state index contributed by atoms with van der Waals surface area (Å²) in [5.74, 6) is -5.22. The summed E-state index contributed by atoms with van der Waals surface area (Å²) in [6, 6.07) is 17.2. The van der Waals surface area contributed by atoms with Gasteiger partial charge in [-0.25, -0.2) is 24.5 Å². The number of alkyl carbamates (subject to hydrolysis) is 1. The van der Waals surface area contributed by atoms with Crippen LogP contribution in [0.1, 0.15) is 186 Å². The third-order valence-corrected chi connectivity index (χ3v) is 29.1. The van der Waals surface area contributed by atoms with E-state index in [4.69, 9.17) is 18.9 Å². The van der Waals surface area contributed by atoms with E-state index in [-0.39, 0.29) is 97.8 Å². The number of carboxylic acids is 2. The van der Waals surface area contributed by atoms with E-state index >= 15 is 4.79 Å².